The molecule has 6 heterocycles. The van der Waals surface area contributed by atoms with Gasteiger partial charge in [-0.05, 0) is 74.8 Å². The van der Waals surface area contributed by atoms with Crippen LogP contribution in [0.5, 0.6) is 5.75 Å². The molecule has 3 N–H and O–H groups in total. The number of rotatable bonds is 8. The number of nitrogens with zero attached hydrogens (tertiary/aromatic N) is 3. The van der Waals surface area contributed by atoms with Gasteiger partial charge in [0.15, 0.2) is 6.10 Å². The summed E-state index contributed by atoms with van der Waals surface area (Å²) in [7, 11) is 4.83. The minimum atomic E-state index is -2.27. The summed E-state index contributed by atoms with van der Waals surface area (Å²) in [5, 5.41) is 17.8. The summed E-state index contributed by atoms with van der Waals surface area (Å²) in [6, 6.07) is 11.4. The quantitative estimate of drug-likeness (QED) is 0.216. The lowest BCUT2D eigenvalue weighted by Gasteiger charge is -2.63. The number of benzene rings is 2. The van der Waals surface area contributed by atoms with Crippen LogP contribution in [-0.4, -0.2) is 122 Å². The van der Waals surface area contributed by atoms with Gasteiger partial charge >= 0.3 is 11.9 Å². The van der Waals surface area contributed by atoms with Crippen LogP contribution in [0.4, 0.5) is 5.69 Å². The van der Waals surface area contributed by atoms with E-state index in [1.165, 1.54) is 19.6 Å². The Morgan fingerprint density at radius 3 is 2.56 bits per heavy atom. The van der Waals surface area contributed by atoms with E-state index < -0.39 is 45.9 Å². The fourth-order valence-electron chi connectivity index (χ4n) is 13.2. The Bertz CT molecular complexity index is 2280. The monoisotopic (exact) mass is 805 g/mol. The number of hydrogen-bond donors (Lipinski definition) is 3. The van der Waals surface area contributed by atoms with Crippen LogP contribution in [0.3, 0.4) is 0 Å². The highest BCUT2D eigenvalue weighted by molar-refractivity contribution is 5.97. The summed E-state index contributed by atoms with van der Waals surface area (Å²) < 4.78 is 18.1. The minimum Gasteiger partial charge on any atom is -0.496 e. The number of carbonyl (C=O) groups excluding carboxylic acids is 3. The van der Waals surface area contributed by atoms with E-state index in [2.05, 4.69) is 69.5 Å². The molecule has 2 unspecified atom stereocenters. The Morgan fingerprint density at radius 1 is 1.05 bits per heavy atom. The number of H-pyrrole nitrogens is 1. The second-order valence-electron chi connectivity index (χ2n) is 17.9. The maximum Gasteiger partial charge on any atom is 0.344 e. The summed E-state index contributed by atoms with van der Waals surface area (Å²) in [4.78, 5) is 53.9. The number of anilines is 1. The molecule has 12 nitrogen and oxygen atoms in total. The van der Waals surface area contributed by atoms with Crippen LogP contribution in [0.2, 0.25) is 0 Å². The number of aliphatic hydroxyl groups is 1. The highest BCUT2D eigenvalue weighted by Crippen LogP contribution is 2.68. The highest BCUT2D eigenvalue weighted by atomic mass is 16.6. The molecule has 1 aliphatic carbocycles. The molecule has 2 fully saturated rings. The predicted molar refractivity (Wildman–Crippen MR) is 226 cm³/mol. The van der Waals surface area contributed by atoms with Gasteiger partial charge < -0.3 is 34.5 Å². The first-order chi connectivity index (χ1) is 28.4. The highest BCUT2D eigenvalue weighted by Gasteiger charge is 2.80. The maximum absolute atomic E-state index is 15.6. The second-order valence-corrected chi connectivity index (χ2v) is 17.9. The average molecular weight is 806 g/mol. The van der Waals surface area contributed by atoms with Crippen LogP contribution in [0.15, 0.2) is 60.2 Å². The lowest BCUT2D eigenvalue weighted by atomic mass is 9.47. The molecule has 2 bridgehead atoms. The van der Waals surface area contributed by atoms with Crippen LogP contribution in [0.25, 0.3) is 10.9 Å². The smallest absolute Gasteiger partial charge is 0.344 e. The molecule has 3 aromatic rings. The lowest BCUT2D eigenvalue weighted by Crippen LogP contribution is -2.81. The molecule has 1 saturated carbocycles. The topological polar surface area (TPSA) is 137 Å². The SMILES string of the molecule is CCNC(=O)[C@]1(c2cc3c(cc2OC)N(C)[C@@H]2C34CCN3CC=C[C@](CC)([C@H]34)[C@@H](OC(C)=O)[C@]2(O)C(=O)OC)C[C@H]2C=C(CC)CN(CCc3c1[nH]c1ccccc31)C2. The van der Waals surface area contributed by atoms with Crippen LogP contribution >= 0.6 is 0 Å². The lowest BCUT2D eigenvalue weighted by molar-refractivity contribution is -0.228. The van der Waals surface area contributed by atoms with Crippen molar-refractivity contribution in [3.63, 3.8) is 0 Å². The zero-order valence-corrected chi connectivity index (χ0v) is 35.5. The number of carbonyl (C=O) groups is 3. The Hall–Kier alpha value is -4.65. The number of likely N-dealkylation sites (N-methyl/N-ethyl adjacent to an activating group) is 2. The van der Waals surface area contributed by atoms with Gasteiger partial charge in [0, 0.05) is 97.5 Å². The number of para-hydroxylation sites is 1. The van der Waals surface area contributed by atoms with Gasteiger partial charge in [0.2, 0.25) is 11.5 Å². The number of methoxy groups -OCH3 is 2. The predicted octanol–water partition coefficient (Wildman–Crippen LogP) is 4.76. The third kappa shape index (κ3) is 5.27. The normalized spacial score (nSPS) is 34.3. The fourth-order valence-corrected chi connectivity index (χ4v) is 13.2. The van der Waals surface area contributed by atoms with Crippen molar-refractivity contribution in [2.45, 2.75) is 94.4 Å². The zero-order valence-electron chi connectivity index (χ0n) is 35.5. The van der Waals surface area contributed by atoms with E-state index in [1.807, 2.05) is 37.9 Å². The maximum atomic E-state index is 15.6. The molecule has 314 valence electrons. The average Bonchev–Trinajstić information content (AvgIpc) is 3.90. The largest absolute Gasteiger partial charge is 0.496 e. The van der Waals surface area contributed by atoms with Gasteiger partial charge in [0.25, 0.3) is 0 Å². The van der Waals surface area contributed by atoms with Gasteiger partial charge in [0.1, 0.15) is 11.2 Å². The Balaban J connectivity index is 1.38. The van der Waals surface area contributed by atoms with Crippen LogP contribution in [0.1, 0.15) is 75.8 Å². The van der Waals surface area contributed by atoms with Crippen molar-refractivity contribution in [1.82, 2.24) is 20.1 Å². The number of nitrogens with one attached hydrogen (secondary N) is 2. The first kappa shape index (κ1) is 39.8. The van der Waals surface area contributed by atoms with E-state index in [0.29, 0.717) is 44.6 Å². The molecule has 1 spiro atoms. The van der Waals surface area contributed by atoms with E-state index in [4.69, 9.17) is 14.2 Å². The molecule has 9 rings (SSSR count). The molecule has 9 atom stereocenters. The van der Waals surface area contributed by atoms with E-state index in [1.54, 1.807) is 7.11 Å². The van der Waals surface area contributed by atoms with Crippen LogP contribution < -0.4 is 15.0 Å². The van der Waals surface area contributed by atoms with Crippen molar-refractivity contribution < 1.29 is 33.7 Å². The summed E-state index contributed by atoms with van der Waals surface area (Å²) >= 11 is 0. The number of aromatic amines is 1. The summed E-state index contributed by atoms with van der Waals surface area (Å²) in [5.41, 5.74) is 1.56. The van der Waals surface area contributed by atoms with Crippen molar-refractivity contribution >= 4 is 34.4 Å². The molecule has 1 aromatic heterocycles. The van der Waals surface area contributed by atoms with Crippen molar-refractivity contribution in [2.24, 2.45) is 11.3 Å². The van der Waals surface area contributed by atoms with Gasteiger partial charge in [-0.1, -0.05) is 55.8 Å². The molecule has 1 amide bonds. The Morgan fingerprint density at radius 2 is 1.85 bits per heavy atom. The van der Waals surface area contributed by atoms with Gasteiger partial charge in [-0.15, -0.1) is 0 Å². The Kier molecular flexibility index (Phi) is 9.60. The van der Waals surface area contributed by atoms with Crippen LogP contribution in [0, 0.1) is 11.3 Å². The molecule has 0 radical (unpaired) electrons. The first-order valence-electron chi connectivity index (χ1n) is 21.5. The molecular weight excluding hydrogens is 747 g/mol. The summed E-state index contributed by atoms with van der Waals surface area (Å²) in [5.74, 6) is -0.915. The van der Waals surface area contributed by atoms with Gasteiger partial charge in [-0.3, -0.25) is 19.4 Å². The van der Waals surface area contributed by atoms with E-state index in [9.17, 15) is 14.7 Å². The zero-order chi connectivity index (χ0) is 41.6. The molecule has 1 saturated heterocycles. The number of hydrogen-bond acceptors (Lipinski definition) is 10. The summed E-state index contributed by atoms with van der Waals surface area (Å²) in [6.07, 6.45) is 8.65. The molecular formula is C47H59N5O7. The number of ether oxygens (including phenoxy) is 3. The number of amides is 1. The third-order valence-corrected chi connectivity index (χ3v) is 15.2. The second kappa shape index (κ2) is 14.2. The summed E-state index contributed by atoms with van der Waals surface area (Å²) in [6.45, 7) is 12.0. The number of esters is 2. The van der Waals surface area contributed by atoms with E-state index in [0.717, 1.165) is 71.5 Å². The number of fused-ring (bicyclic) bond motifs is 6. The molecule has 12 heteroatoms. The van der Waals surface area contributed by atoms with Crippen molar-refractivity contribution in [3.8, 4) is 5.75 Å². The number of aromatic nitrogens is 1. The fraction of sp³-hybridized carbons (Fsp3) is 0.553. The van der Waals surface area contributed by atoms with E-state index in [-0.39, 0.29) is 17.9 Å². The van der Waals surface area contributed by atoms with Crippen molar-refractivity contribution in [1.29, 1.82) is 0 Å². The third-order valence-electron chi connectivity index (χ3n) is 15.2. The minimum absolute atomic E-state index is 0.0620. The molecule has 5 aliphatic heterocycles. The Labute approximate surface area is 346 Å². The van der Waals surface area contributed by atoms with Crippen molar-refractivity contribution in [3.05, 3.63) is 82.6 Å². The van der Waals surface area contributed by atoms with Crippen LogP contribution in [-0.2, 0) is 41.1 Å². The van der Waals surface area contributed by atoms with Crippen molar-refractivity contribution in [2.75, 3.05) is 65.4 Å². The molecule has 2 aromatic carbocycles. The molecule has 59 heavy (non-hydrogen) atoms. The first-order valence-corrected chi connectivity index (χ1v) is 21.5. The van der Waals surface area contributed by atoms with Gasteiger partial charge in [-0.25, -0.2) is 4.79 Å². The van der Waals surface area contributed by atoms with E-state index >= 15 is 4.79 Å². The standard InChI is InChI=1S/C47H59N5O7/c1-8-29-22-30-25-46(42(54)48-10-3,38-32(16-20-51(26-29)27-30)31-14-11-12-15-35(31)49-38)34-23-33-36(24-37(34)57-6)50(5)40-45(33)18-21-52-19-13-17-44(9-2,39(45)52)41(59-28(4)53)47(40,56)43(55)58-7/h11-15,17,22-24,30,39-41,49,56H,8-10,16,18-21,25-27H2,1-7H3,(H,48,54)/t30-,39+,40-,41-,44-,45?,46+,47+/m1/s1. The van der Waals surface area contributed by atoms with Gasteiger partial charge in [0.05, 0.1) is 20.3 Å². The van der Waals surface area contributed by atoms with Gasteiger partial charge in [-0.2, -0.15) is 0 Å². The molecule has 6 aliphatic rings.